The van der Waals surface area contributed by atoms with Crippen molar-refractivity contribution in [2.45, 2.75) is 148 Å². The van der Waals surface area contributed by atoms with Crippen molar-refractivity contribution in [1.29, 1.82) is 0 Å². The molecule has 1 N–H and O–H groups in total. The van der Waals surface area contributed by atoms with Gasteiger partial charge in [0.1, 0.15) is 5.60 Å². The van der Waals surface area contributed by atoms with Crippen molar-refractivity contribution in [3.8, 4) is 0 Å². The van der Waals surface area contributed by atoms with E-state index in [1.54, 1.807) is 0 Å². The zero-order valence-corrected chi connectivity index (χ0v) is 19.6. The molecule has 0 bridgehead atoms. The van der Waals surface area contributed by atoms with Crippen molar-refractivity contribution in [2.75, 3.05) is 0 Å². The first-order valence-electron chi connectivity index (χ1n) is 12.2. The normalized spacial score (nSPS) is 11.6. The Morgan fingerprint density at radius 3 is 1.10 bits per heavy atom. The largest absolute Gasteiger partial charge is 0.481 e. The van der Waals surface area contributed by atoms with Crippen LogP contribution >= 0.6 is 0 Å². The molecule has 172 valence electrons. The molecule has 0 rings (SSSR count). The van der Waals surface area contributed by atoms with Gasteiger partial charge in [-0.1, -0.05) is 96.3 Å². The molecule has 0 amide bonds. The lowest BCUT2D eigenvalue weighted by Gasteiger charge is -2.19. The topological polar surface area (TPSA) is 63.6 Å². The molecule has 0 aliphatic heterocycles. The molecule has 0 radical (unpaired) electrons. The Bertz CT molecular complexity index is 398. The van der Waals surface area contributed by atoms with Gasteiger partial charge in [0.05, 0.1) is 0 Å². The van der Waals surface area contributed by atoms with Crippen molar-refractivity contribution in [2.24, 2.45) is 0 Å². The molecule has 0 aromatic rings. The highest BCUT2D eigenvalue weighted by atomic mass is 16.6. The lowest BCUT2D eigenvalue weighted by molar-refractivity contribution is -0.155. The van der Waals surface area contributed by atoms with Crippen LogP contribution in [0.1, 0.15) is 143 Å². The predicted octanol–water partition coefficient (Wildman–Crippen LogP) is 7.82. The van der Waals surface area contributed by atoms with E-state index in [9.17, 15) is 9.59 Å². The SMILES string of the molecule is CC(C)(C)OC(=O)CCCCCCCCCCCCCCCCCCCC(=O)O. The number of rotatable bonds is 20. The number of hydrogen-bond acceptors (Lipinski definition) is 3. The lowest BCUT2D eigenvalue weighted by atomic mass is 10.0. The fourth-order valence-electron chi connectivity index (χ4n) is 3.59. The third kappa shape index (κ3) is 24.9. The first kappa shape index (κ1) is 27.9. The molecular weight excluding hydrogens is 364 g/mol. The van der Waals surface area contributed by atoms with Gasteiger partial charge in [0.2, 0.25) is 0 Å². The quantitative estimate of drug-likeness (QED) is 0.163. The number of ether oxygens (including phenoxy) is 1. The molecule has 0 unspecified atom stereocenters. The van der Waals surface area contributed by atoms with Crippen molar-refractivity contribution < 1.29 is 19.4 Å². The van der Waals surface area contributed by atoms with E-state index in [2.05, 4.69) is 0 Å². The average Bonchev–Trinajstić information content (AvgIpc) is 2.62. The summed E-state index contributed by atoms with van der Waals surface area (Å²) in [7, 11) is 0. The molecule has 0 fully saturated rings. The molecule has 0 aliphatic carbocycles. The molecular formula is C25H48O4. The summed E-state index contributed by atoms with van der Waals surface area (Å²) in [6.45, 7) is 5.75. The van der Waals surface area contributed by atoms with Crippen LogP contribution in [0.25, 0.3) is 0 Å². The van der Waals surface area contributed by atoms with Crippen molar-refractivity contribution in [1.82, 2.24) is 0 Å². The van der Waals surface area contributed by atoms with Crippen LogP contribution in [0.3, 0.4) is 0 Å². The van der Waals surface area contributed by atoms with Gasteiger partial charge in [-0.25, -0.2) is 0 Å². The van der Waals surface area contributed by atoms with Crippen LogP contribution in [0.2, 0.25) is 0 Å². The van der Waals surface area contributed by atoms with E-state index in [-0.39, 0.29) is 11.6 Å². The Labute approximate surface area is 180 Å². The van der Waals surface area contributed by atoms with Gasteiger partial charge in [-0.15, -0.1) is 0 Å². The van der Waals surface area contributed by atoms with E-state index in [0.29, 0.717) is 12.8 Å². The Balaban J connectivity index is 3.14. The summed E-state index contributed by atoms with van der Waals surface area (Å²) >= 11 is 0. The maximum Gasteiger partial charge on any atom is 0.306 e. The number of carbonyl (C=O) groups excluding carboxylic acids is 1. The molecule has 29 heavy (non-hydrogen) atoms. The molecule has 0 aromatic carbocycles. The monoisotopic (exact) mass is 412 g/mol. The molecule has 0 spiro atoms. The maximum atomic E-state index is 11.6. The van der Waals surface area contributed by atoms with Crippen LogP contribution in [0.4, 0.5) is 0 Å². The molecule has 0 aliphatic rings. The highest BCUT2D eigenvalue weighted by molar-refractivity contribution is 5.69. The summed E-state index contributed by atoms with van der Waals surface area (Å²) in [6, 6.07) is 0. The van der Waals surface area contributed by atoms with Crippen LogP contribution in [0, 0.1) is 0 Å². The Kier molecular flexibility index (Phi) is 18.2. The van der Waals surface area contributed by atoms with Gasteiger partial charge in [-0.3, -0.25) is 9.59 Å². The Hall–Kier alpha value is -1.06. The molecule has 0 saturated carbocycles. The van der Waals surface area contributed by atoms with Gasteiger partial charge in [-0.05, 0) is 33.6 Å². The third-order valence-electron chi connectivity index (χ3n) is 5.19. The molecule has 0 saturated heterocycles. The zero-order valence-electron chi connectivity index (χ0n) is 19.6. The summed E-state index contributed by atoms with van der Waals surface area (Å²) < 4.78 is 5.32. The number of hydrogen-bond donors (Lipinski definition) is 1. The third-order valence-corrected chi connectivity index (χ3v) is 5.19. The smallest absolute Gasteiger partial charge is 0.306 e. The van der Waals surface area contributed by atoms with E-state index >= 15 is 0 Å². The first-order chi connectivity index (χ1) is 13.8. The standard InChI is InChI=1S/C25H48O4/c1-25(2,3)29-24(28)22-20-18-16-14-12-10-8-6-4-5-7-9-11-13-15-17-19-21-23(26)27/h4-22H2,1-3H3,(H,26,27). The predicted molar refractivity (Wildman–Crippen MR) is 121 cm³/mol. The summed E-state index contributed by atoms with van der Waals surface area (Å²) in [4.78, 5) is 22.0. The number of carboxylic acids is 1. The molecule has 0 aromatic heterocycles. The van der Waals surface area contributed by atoms with Crippen LogP contribution in [-0.2, 0) is 14.3 Å². The molecule has 0 heterocycles. The lowest BCUT2D eigenvalue weighted by Crippen LogP contribution is -2.23. The summed E-state index contributed by atoms with van der Waals surface area (Å²) in [6.07, 6.45) is 22.0. The average molecular weight is 413 g/mol. The van der Waals surface area contributed by atoms with E-state index in [1.165, 1.54) is 83.5 Å². The van der Waals surface area contributed by atoms with E-state index < -0.39 is 5.97 Å². The minimum absolute atomic E-state index is 0.0618. The first-order valence-corrected chi connectivity index (χ1v) is 12.2. The van der Waals surface area contributed by atoms with Gasteiger partial charge >= 0.3 is 11.9 Å². The van der Waals surface area contributed by atoms with Crippen molar-refractivity contribution in [3.63, 3.8) is 0 Å². The van der Waals surface area contributed by atoms with Gasteiger partial charge < -0.3 is 9.84 Å². The van der Waals surface area contributed by atoms with Crippen molar-refractivity contribution in [3.05, 3.63) is 0 Å². The van der Waals surface area contributed by atoms with Gasteiger partial charge in [0.15, 0.2) is 0 Å². The fraction of sp³-hybridized carbons (Fsp3) is 0.920. The number of carboxylic acid groups (broad SMARTS) is 1. The maximum absolute atomic E-state index is 11.6. The highest BCUT2D eigenvalue weighted by Crippen LogP contribution is 2.15. The number of carbonyl (C=O) groups is 2. The minimum Gasteiger partial charge on any atom is -0.481 e. The minimum atomic E-state index is -0.666. The van der Waals surface area contributed by atoms with E-state index in [4.69, 9.17) is 9.84 Å². The summed E-state index contributed by atoms with van der Waals surface area (Å²) in [5.74, 6) is -0.728. The van der Waals surface area contributed by atoms with Crippen LogP contribution in [0.5, 0.6) is 0 Å². The fourth-order valence-corrected chi connectivity index (χ4v) is 3.59. The second-order valence-corrected chi connectivity index (χ2v) is 9.49. The molecule has 4 nitrogen and oxygen atoms in total. The van der Waals surface area contributed by atoms with Gasteiger partial charge in [-0.2, -0.15) is 0 Å². The van der Waals surface area contributed by atoms with Crippen LogP contribution < -0.4 is 0 Å². The second kappa shape index (κ2) is 18.9. The number of aliphatic carboxylic acids is 1. The summed E-state index contributed by atoms with van der Waals surface area (Å²) in [5.41, 5.74) is -0.360. The molecule has 0 atom stereocenters. The van der Waals surface area contributed by atoms with E-state index in [1.807, 2.05) is 20.8 Å². The Morgan fingerprint density at radius 1 is 0.552 bits per heavy atom. The van der Waals surface area contributed by atoms with Crippen LogP contribution in [0.15, 0.2) is 0 Å². The van der Waals surface area contributed by atoms with Gasteiger partial charge in [0, 0.05) is 12.8 Å². The molecule has 4 heteroatoms. The highest BCUT2D eigenvalue weighted by Gasteiger charge is 2.15. The van der Waals surface area contributed by atoms with E-state index in [0.717, 1.165) is 25.7 Å². The van der Waals surface area contributed by atoms with Gasteiger partial charge in [0.25, 0.3) is 0 Å². The Morgan fingerprint density at radius 2 is 0.828 bits per heavy atom. The number of unbranched alkanes of at least 4 members (excludes halogenated alkanes) is 16. The second-order valence-electron chi connectivity index (χ2n) is 9.49. The zero-order chi connectivity index (χ0) is 21.8. The number of esters is 1. The van der Waals surface area contributed by atoms with Crippen LogP contribution in [-0.4, -0.2) is 22.6 Å². The van der Waals surface area contributed by atoms with Crippen molar-refractivity contribution >= 4 is 11.9 Å². The summed E-state index contributed by atoms with van der Waals surface area (Å²) in [5, 5.41) is 8.58.